The van der Waals surface area contributed by atoms with Crippen LogP contribution < -0.4 is 10.1 Å². The summed E-state index contributed by atoms with van der Waals surface area (Å²) in [5.74, 6) is 3.18. The van der Waals surface area contributed by atoms with Gasteiger partial charge >= 0.3 is 0 Å². The number of terminal acetylenes is 1. The van der Waals surface area contributed by atoms with Gasteiger partial charge in [0, 0.05) is 27.8 Å². The molecule has 2 aromatic rings. The molecule has 0 saturated heterocycles. The van der Waals surface area contributed by atoms with Gasteiger partial charge in [0.1, 0.15) is 12.4 Å². The molecule has 0 aliphatic carbocycles. The lowest BCUT2D eigenvalue weighted by Gasteiger charge is -2.14. The highest BCUT2D eigenvalue weighted by atomic mass is 35.5. The number of rotatable bonds is 5. The molecule has 0 bridgehead atoms. The van der Waals surface area contributed by atoms with Gasteiger partial charge in [-0.25, -0.2) is 0 Å². The third-order valence-corrected chi connectivity index (χ3v) is 3.72. The van der Waals surface area contributed by atoms with E-state index in [0.29, 0.717) is 11.6 Å². The molecule has 21 heavy (non-hydrogen) atoms. The number of hydrogen-bond acceptors (Lipinski definition) is 2. The Hall–Kier alpha value is -1.82. The molecule has 0 saturated carbocycles. The Labute approximate surface area is 135 Å². The van der Waals surface area contributed by atoms with E-state index in [-0.39, 0.29) is 6.61 Å². The topological polar surface area (TPSA) is 21.3 Å². The highest BCUT2D eigenvalue weighted by molar-refractivity contribution is 6.31. The average molecular weight is 320 g/mol. The fourth-order valence-corrected chi connectivity index (χ4v) is 2.31. The number of nitrogens with one attached hydrogen (secondary N) is 1. The molecule has 1 N–H and O–H groups in total. The van der Waals surface area contributed by atoms with Crippen LogP contribution in [0.5, 0.6) is 5.75 Å². The summed E-state index contributed by atoms with van der Waals surface area (Å²) in [6.07, 6.45) is 5.23. The van der Waals surface area contributed by atoms with Gasteiger partial charge in [0.2, 0.25) is 0 Å². The van der Waals surface area contributed by atoms with Crippen molar-refractivity contribution >= 4 is 28.9 Å². The van der Waals surface area contributed by atoms with Crippen molar-refractivity contribution in [1.29, 1.82) is 0 Å². The lowest BCUT2D eigenvalue weighted by Crippen LogP contribution is -2.04. The smallest absolute Gasteiger partial charge is 0.148 e. The van der Waals surface area contributed by atoms with Crippen LogP contribution >= 0.6 is 23.2 Å². The molecule has 2 aromatic carbocycles. The fraction of sp³-hybridized carbons (Fsp3) is 0.176. The van der Waals surface area contributed by atoms with Crippen molar-refractivity contribution in [3.63, 3.8) is 0 Å². The molecular weight excluding hydrogens is 305 g/mol. The molecule has 0 atom stereocenters. The minimum absolute atomic E-state index is 0.227. The number of halogens is 2. The summed E-state index contributed by atoms with van der Waals surface area (Å²) in [7, 11) is 0. The number of ether oxygens (including phenoxy) is 1. The molecule has 108 valence electrons. The normalized spacial score (nSPS) is 10.0. The molecular formula is C17H15Cl2NO. The highest BCUT2D eigenvalue weighted by Crippen LogP contribution is 2.26. The van der Waals surface area contributed by atoms with Crippen LogP contribution in [0.2, 0.25) is 10.0 Å². The van der Waals surface area contributed by atoms with E-state index in [9.17, 15) is 0 Å². The van der Waals surface area contributed by atoms with E-state index in [0.717, 1.165) is 27.6 Å². The Morgan fingerprint density at radius 3 is 2.81 bits per heavy atom. The van der Waals surface area contributed by atoms with Gasteiger partial charge in [0.25, 0.3) is 0 Å². The third kappa shape index (κ3) is 4.07. The molecule has 0 aliphatic rings. The maximum Gasteiger partial charge on any atom is 0.148 e. The van der Waals surface area contributed by atoms with Crippen LogP contribution in [-0.2, 0) is 6.54 Å². The van der Waals surface area contributed by atoms with E-state index < -0.39 is 0 Å². The zero-order valence-corrected chi connectivity index (χ0v) is 13.1. The summed E-state index contributed by atoms with van der Waals surface area (Å²) < 4.78 is 5.52. The predicted octanol–water partition coefficient (Wildman–Crippen LogP) is 4.93. The molecule has 2 rings (SSSR count). The van der Waals surface area contributed by atoms with Crippen LogP contribution in [0, 0.1) is 19.3 Å². The lowest BCUT2D eigenvalue weighted by atomic mass is 10.1. The van der Waals surface area contributed by atoms with Crippen molar-refractivity contribution in [3.8, 4) is 18.1 Å². The van der Waals surface area contributed by atoms with Gasteiger partial charge < -0.3 is 10.1 Å². The van der Waals surface area contributed by atoms with Crippen LogP contribution in [0.3, 0.4) is 0 Å². The van der Waals surface area contributed by atoms with Gasteiger partial charge in [-0.05, 0) is 42.8 Å². The van der Waals surface area contributed by atoms with Crippen molar-refractivity contribution in [2.24, 2.45) is 0 Å². The third-order valence-electron chi connectivity index (χ3n) is 3.07. The van der Waals surface area contributed by atoms with Crippen LogP contribution in [0.1, 0.15) is 11.1 Å². The molecule has 0 fully saturated rings. The second-order valence-electron chi connectivity index (χ2n) is 4.51. The van der Waals surface area contributed by atoms with Gasteiger partial charge in [0.05, 0.1) is 0 Å². The summed E-state index contributed by atoms with van der Waals surface area (Å²) in [5.41, 5.74) is 2.93. The minimum atomic E-state index is 0.227. The predicted molar refractivity (Wildman–Crippen MR) is 89.3 cm³/mol. The van der Waals surface area contributed by atoms with Crippen molar-refractivity contribution in [2.45, 2.75) is 13.5 Å². The standard InChI is InChI=1S/C17H15Cl2NO/c1-3-9-21-17-8-7-14(18)10-13(17)11-20-16-6-4-5-15(19)12(16)2/h1,4-8,10,20H,9,11H2,2H3. The first-order chi connectivity index (χ1) is 10.1. The van der Waals surface area contributed by atoms with E-state index in [2.05, 4.69) is 11.2 Å². The van der Waals surface area contributed by atoms with Crippen LogP contribution in [-0.4, -0.2) is 6.61 Å². The average Bonchev–Trinajstić information content (AvgIpc) is 2.48. The Morgan fingerprint density at radius 1 is 1.24 bits per heavy atom. The van der Waals surface area contributed by atoms with E-state index >= 15 is 0 Å². The Morgan fingerprint density at radius 2 is 2.05 bits per heavy atom. The second-order valence-corrected chi connectivity index (χ2v) is 5.35. The Balaban J connectivity index is 2.17. The monoisotopic (exact) mass is 319 g/mol. The first-order valence-corrected chi connectivity index (χ1v) is 7.21. The van der Waals surface area contributed by atoms with Crippen LogP contribution in [0.15, 0.2) is 36.4 Å². The largest absolute Gasteiger partial charge is 0.481 e. The maximum atomic E-state index is 6.11. The summed E-state index contributed by atoms with van der Waals surface area (Å²) in [5, 5.41) is 4.73. The van der Waals surface area contributed by atoms with E-state index in [1.807, 2.05) is 37.3 Å². The van der Waals surface area contributed by atoms with Gasteiger partial charge in [0.15, 0.2) is 0 Å². The van der Waals surface area contributed by atoms with Crippen molar-refractivity contribution in [2.75, 3.05) is 11.9 Å². The molecule has 4 heteroatoms. The number of anilines is 1. The summed E-state index contributed by atoms with van der Waals surface area (Å²) >= 11 is 12.2. The quantitative estimate of drug-likeness (QED) is 0.789. The van der Waals surface area contributed by atoms with Gasteiger partial charge in [-0.1, -0.05) is 35.2 Å². The molecule has 2 nitrogen and oxygen atoms in total. The van der Waals surface area contributed by atoms with E-state index in [4.69, 9.17) is 34.4 Å². The Kier molecular flexibility index (Phi) is 5.38. The fourth-order valence-electron chi connectivity index (χ4n) is 1.94. The molecule has 0 amide bonds. The number of benzene rings is 2. The van der Waals surface area contributed by atoms with E-state index in [1.165, 1.54) is 0 Å². The van der Waals surface area contributed by atoms with Gasteiger partial charge in [-0.3, -0.25) is 0 Å². The number of hydrogen-bond donors (Lipinski definition) is 1. The van der Waals surface area contributed by atoms with Crippen molar-refractivity contribution in [3.05, 3.63) is 57.6 Å². The molecule has 0 aliphatic heterocycles. The zero-order valence-electron chi connectivity index (χ0n) is 11.6. The van der Waals surface area contributed by atoms with Crippen LogP contribution in [0.4, 0.5) is 5.69 Å². The van der Waals surface area contributed by atoms with Crippen LogP contribution in [0.25, 0.3) is 0 Å². The summed E-state index contributed by atoms with van der Waals surface area (Å²) in [6.45, 7) is 2.77. The van der Waals surface area contributed by atoms with Gasteiger partial charge in [-0.2, -0.15) is 0 Å². The van der Waals surface area contributed by atoms with E-state index in [1.54, 1.807) is 6.07 Å². The zero-order chi connectivity index (χ0) is 15.2. The molecule has 0 aromatic heterocycles. The minimum Gasteiger partial charge on any atom is -0.481 e. The second kappa shape index (κ2) is 7.26. The SMILES string of the molecule is C#CCOc1ccc(Cl)cc1CNc1cccc(Cl)c1C. The molecule has 0 unspecified atom stereocenters. The molecule has 0 radical (unpaired) electrons. The molecule has 0 heterocycles. The first kappa shape index (κ1) is 15.6. The highest BCUT2D eigenvalue weighted by Gasteiger charge is 2.07. The summed E-state index contributed by atoms with van der Waals surface area (Å²) in [6, 6.07) is 11.2. The van der Waals surface area contributed by atoms with Crippen molar-refractivity contribution in [1.82, 2.24) is 0 Å². The first-order valence-electron chi connectivity index (χ1n) is 6.45. The Bertz CT molecular complexity index is 677. The van der Waals surface area contributed by atoms with Gasteiger partial charge in [-0.15, -0.1) is 6.42 Å². The lowest BCUT2D eigenvalue weighted by molar-refractivity contribution is 0.366. The molecule has 0 spiro atoms. The van der Waals surface area contributed by atoms with Crippen molar-refractivity contribution < 1.29 is 4.74 Å². The maximum absolute atomic E-state index is 6.11. The summed E-state index contributed by atoms with van der Waals surface area (Å²) in [4.78, 5) is 0.